The number of aryl methyl sites for hydroxylation is 1. The molecule has 0 aliphatic carbocycles. The van der Waals surface area contributed by atoms with Gasteiger partial charge < -0.3 is 14.5 Å². The van der Waals surface area contributed by atoms with E-state index in [1.807, 2.05) is 25.1 Å². The molecular formula is C17H14ClNO3. The quantitative estimate of drug-likeness (QED) is 0.765. The molecular weight excluding hydrogens is 302 g/mol. The van der Waals surface area contributed by atoms with Crippen molar-refractivity contribution in [2.24, 2.45) is 0 Å². The van der Waals surface area contributed by atoms with Gasteiger partial charge in [0.2, 0.25) is 0 Å². The molecule has 5 heteroatoms. The molecule has 0 aliphatic rings. The number of hydrogen-bond acceptors (Lipinski definition) is 3. The van der Waals surface area contributed by atoms with E-state index in [1.54, 1.807) is 24.3 Å². The van der Waals surface area contributed by atoms with Gasteiger partial charge in [0, 0.05) is 11.1 Å². The summed E-state index contributed by atoms with van der Waals surface area (Å²) in [5, 5.41) is 4.08. The Kier molecular flexibility index (Phi) is 3.77. The highest BCUT2D eigenvalue weighted by Crippen LogP contribution is 2.28. The zero-order valence-corrected chi connectivity index (χ0v) is 12.9. The lowest BCUT2D eigenvalue weighted by Crippen LogP contribution is -2.10. The van der Waals surface area contributed by atoms with E-state index in [0.717, 1.165) is 10.9 Å². The van der Waals surface area contributed by atoms with Gasteiger partial charge >= 0.3 is 0 Å². The Hall–Kier alpha value is -2.46. The third-order valence-electron chi connectivity index (χ3n) is 3.31. The van der Waals surface area contributed by atoms with Crippen molar-refractivity contribution in [3.8, 4) is 5.75 Å². The predicted octanol–water partition coefficient (Wildman–Crippen LogP) is 4.66. The number of ether oxygens (including phenoxy) is 1. The Labute approximate surface area is 132 Å². The third-order valence-corrected chi connectivity index (χ3v) is 3.60. The van der Waals surface area contributed by atoms with Crippen LogP contribution in [0.3, 0.4) is 0 Å². The number of methoxy groups -OCH3 is 1. The molecule has 0 unspecified atom stereocenters. The van der Waals surface area contributed by atoms with Crippen LogP contribution in [0.4, 0.5) is 5.69 Å². The van der Waals surface area contributed by atoms with Gasteiger partial charge in [0.05, 0.1) is 12.1 Å². The van der Waals surface area contributed by atoms with Crippen LogP contribution < -0.4 is 10.1 Å². The fraction of sp³-hybridized carbons (Fsp3) is 0.118. The summed E-state index contributed by atoms with van der Waals surface area (Å²) >= 11 is 6.04. The molecule has 2 aromatic carbocycles. The highest BCUT2D eigenvalue weighted by molar-refractivity contribution is 6.32. The lowest BCUT2D eigenvalue weighted by Gasteiger charge is -2.06. The number of halogens is 1. The van der Waals surface area contributed by atoms with Crippen molar-refractivity contribution in [2.45, 2.75) is 6.92 Å². The number of carbonyl (C=O) groups is 1. The van der Waals surface area contributed by atoms with Crippen LogP contribution in [0.1, 0.15) is 16.1 Å². The molecule has 3 aromatic rings. The van der Waals surface area contributed by atoms with E-state index in [0.29, 0.717) is 22.0 Å². The van der Waals surface area contributed by atoms with Gasteiger partial charge in [-0.3, -0.25) is 4.79 Å². The second kappa shape index (κ2) is 5.73. The molecule has 1 aromatic heterocycles. The number of benzene rings is 2. The number of anilines is 1. The van der Waals surface area contributed by atoms with E-state index >= 15 is 0 Å². The third kappa shape index (κ3) is 2.78. The first-order valence-corrected chi connectivity index (χ1v) is 7.10. The van der Waals surface area contributed by atoms with Crippen LogP contribution in [0.2, 0.25) is 5.02 Å². The molecule has 0 saturated carbocycles. The van der Waals surface area contributed by atoms with Crippen molar-refractivity contribution in [3.05, 3.63) is 58.8 Å². The summed E-state index contributed by atoms with van der Waals surface area (Å²) in [5.74, 6) is 0.488. The average molecular weight is 316 g/mol. The van der Waals surface area contributed by atoms with E-state index in [4.69, 9.17) is 20.8 Å². The Bertz CT molecular complexity index is 854. The maximum Gasteiger partial charge on any atom is 0.291 e. The highest BCUT2D eigenvalue weighted by atomic mass is 35.5. The summed E-state index contributed by atoms with van der Waals surface area (Å²) in [7, 11) is 1.54. The smallest absolute Gasteiger partial charge is 0.291 e. The van der Waals surface area contributed by atoms with Crippen molar-refractivity contribution < 1.29 is 13.9 Å². The van der Waals surface area contributed by atoms with Crippen LogP contribution in [0, 0.1) is 6.92 Å². The minimum absolute atomic E-state index is 0.257. The molecule has 4 nitrogen and oxygen atoms in total. The first kappa shape index (κ1) is 14.5. The molecule has 0 bridgehead atoms. The molecule has 22 heavy (non-hydrogen) atoms. The van der Waals surface area contributed by atoms with Gasteiger partial charge in [-0.2, -0.15) is 0 Å². The second-order valence-corrected chi connectivity index (χ2v) is 5.36. The zero-order chi connectivity index (χ0) is 15.7. The SMILES string of the molecule is COc1ccc(NC(=O)c2cc3ccc(C)cc3o2)cc1Cl. The zero-order valence-electron chi connectivity index (χ0n) is 12.1. The summed E-state index contributed by atoms with van der Waals surface area (Å²) in [5.41, 5.74) is 2.35. The normalized spacial score (nSPS) is 10.7. The van der Waals surface area contributed by atoms with Gasteiger partial charge in [0.1, 0.15) is 11.3 Å². The fourth-order valence-corrected chi connectivity index (χ4v) is 2.44. The lowest BCUT2D eigenvalue weighted by atomic mass is 10.2. The Morgan fingerprint density at radius 3 is 2.73 bits per heavy atom. The highest BCUT2D eigenvalue weighted by Gasteiger charge is 2.13. The van der Waals surface area contributed by atoms with Crippen LogP contribution in [0.5, 0.6) is 5.75 Å². The van der Waals surface area contributed by atoms with Crippen LogP contribution in [0.25, 0.3) is 11.0 Å². The first-order valence-electron chi connectivity index (χ1n) is 6.72. The minimum atomic E-state index is -0.324. The van der Waals surface area contributed by atoms with Crippen molar-refractivity contribution in [2.75, 3.05) is 12.4 Å². The van der Waals surface area contributed by atoms with E-state index in [1.165, 1.54) is 7.11 Å². The molecule has 1 amide bonds. The fourth-order valence-electron chi connectivity index (χ4n) is 2.19. The standard InChI is InChI=1S/C17H14ClNO3/c1-10-3-4-11-8-16(22-15(11)7-10)17(20)19-12-5-6-14(21-2)13(18)9-12/h3-9H,1-2H3,(H,19,20). The van der Waals surface area contributed by atoms with E-state index < -0.39 is 0 Å². The Morgan fingerprint density at radius 1 is 1.18 bits per heavy atom. The molecule has 112 valence electrons. The number of fused-ring (bicyclic) bond motifs is 1. The molecule has 0 spiro atoms. The van der Waals surface area contributed by atoms with Crippen molar-refractivity contribution in [1.82, 2.24) is 0 Å². The molecule has 0 atom stereocenters. The first-order chi connectivity index (χ1) is 10.6. The predicted molar refractivity (Wildman–Crippen MR) is 86.9 cm³/mol. The number of rotatable bonds is 3. The molecule has 0 radical (unpaired) electrons. The number of amides is 1. The van der Waals surface area contributed by atoms with Gasteiger partial charge in [-0.25, -0.2) is 0 Å². The van der Waals surface area contributed by atoms with E-state index in [-0.39, 0.29) is 11.7 Å². The van der Waals surface area contributed by atoms with Crippen LogP contribution in [-0.2, 0) is 0 Å². The molecule has 0 aliphatic heterocycles. The van der Waals surface area contributed by atoms with Gasteiger partial charge in [-0.1, -0.05) is 23.7 Å². The van der Waals surface area contributed by atoms with E-state index in [9.17, 15) is 4.79 Å². The van der Waals surface area contributed by atoms with Gasteiger partial charge in [0.15, 0.2) is 5.76 Å². The topological polar surface area (TPSA) is 51.5 Å². The van der Waals surface area contributed by atoms with Crippen LogP contribution >= 0.6 is 11.6 Å². The average Bonchev–Trinajstić information content (AvgIpc) is 2.90. The second-order valence-electron chi connectivity index (χ2n) is 4.96. The van der Waals surface area contributed by atoms with Crippen molar-refractivity contribution >= 4 is 34.2 Å². The number of furan rings is 1. The summed E-state index contributed by atoms with van der Waals surface area (Å²) in [4.78, 5) is 12.3. The minimum Gasteiger partial charge on any atom is -0.495 e. The number of hydrogen-bond donors (Lipinski definition) is 1. The number of nitrogens with one attached hydrogen (secondary N) is 1. The monoisotopic (exact) mass is 315 g/mol. The summed E-state index contributed by atoms with van der Waals surface area (Å²) in [6.07, 6.45) is 0. The molecule has 1 heterocycles. The Balaban J connectivity index is 1.85. The summed E-state index contributed by atoms with van der Waals surface area (Å²) < 4.78 is 10.7. The van der Waals surface area contributed by atoms with E-state index in [2.05, 4.69) is 5.32 Å². The van der Waals surface area contributed by atoms with Crippen LogP contribution in [0.15, 0.2) is 46.9 Å². The largest absolute Gasteiger partial charge is 0.495 e. The van der Waals surface area contributed by atoms with Crippen molar-refractivity contribution in [3.63, 3.8) is 0 Å². The molecule has 1 N–H and O–H groups in total. The van der Waals surface area contributed by atoms with Gasteiger partial charge in [0.25, 0.3) is 5.91 Å². The van der Waals surface area contributed by atoms with Gasteiger partial charge in [-0.15, -0.1) is 0 Å². The maximum atomic E-state index is 12.3. The van der Waals surface area contributed by atoms with Gasteiger partial charge in [-0.05, 0) is 42.8 Å². The lowest BCUT2D eigenvalue weighted by molar-refractivity contribution is 0.0998. The maximum absolute atomic E-state index is 12.3. The molecule has 0 saturated heterocycles. The van der Waals surface area contributed by atoms with Crippen LogP contribution in [-0.4, -0.2) is 13.0 Å². The number of carbonyl (C=O) groups excluding carboxylic acids is 1. The Morgan fingerprint density at radius 2 is 2.00 bits per heavy atom. The molecule has 3 rings (SSSR count). The summed E-state index contributed by atoms with van der Waals surface area (Å²) in [6, 6.07) is 12.6. The van der Waals surface area contributed by atoms with Crippen molar-refractivity contribution in [1.29, 1.82) is 0 Å². The molecule has 0 fully saturated rings. The summed E-state index contributed by atoms with van der Waals surface area (Å²) in [6.45, 7) is 1.97.